The number of thiol groups is 1. The predicted octanol–water partition coefficient (Wildman–Crippen LogP) is 18.2. The number of aliphatic hydroxyl groups is 3. The molecule has 1 amide bonds. The Morgan fingerprint density at radius 1 is 0.497 bits per heavy atom. The zero-order chi connectivity index (χ0) is 107. The maximum atomic E-state index is 15.6. The largest absolute Gasteiger partial charge is 0.478 e. The molecule has 12 atom stereocenters. The van der Waals surface area contributed by atoms with Crippen molar-refractivity contribution in [1.82, 2.24) is 49.1 Å². The second-order valence-electron chi connectivity index (χ2n) is 34.3. The minimum absolute atomic E-state index is 0. The number of carboxylic acids is 2. The number of Topliss-reactive ketones (excluding diaryl/α,β-unsaturated/α-hetero) is 1. The Labute approximate surface area is 873 Å². The first-order chi connectivity index (χ1) is 69.0. The third-order valence-corrected chi connectivity index (χ3v) is 29.5. The lowest BCUT2D eigenvalue weighted by atomic mass is 9.84. The quantitative estimate of drug-likeness (QED) is 0.00712. The van der Waals surface area contributed by atoms with E-state index in [1.165, 1.54) is 136 Å². The number of halogens is 13. The standard InChI is InChI=1S/C33H31BrF3N5O6S.C26H27BrF3N5O2.C17H17F2N3O3.C15H15BrFN3O4S.C7H6O2S.ClH/c1-41(49(47,48)31-5-3-2-4-28(31)42(45)46)17-21(20-10-22(34)15-23(35)11-20)14-30(44)24-8-6-19(13-25(24)36)32-33(38)39-16-27(40-32)18-7-9-29(43)26(37)12-18;1-32-11-21(15-6-16(27)10-17(28)7-15)35-26(37)18-4-2-14(9-19(18)29)24-25(31)33-12-22(34-24)13-3-5-23(36)20(30)8-13;18-11-6-9(1-3-10(11)17(24)25)15-16(20)21-7-13(22-15)8-2-4-14(23)12(19)5-8;1-19(9-13(18)10-6-11(16)8-12(17)7-10)25(23,24)15-5-3-2-4-14(15)20(21)22;8-7(9)5-1-3-6(10)4-2-5;/h2-6,8,10-11,13,15-16,18,21,26,29,43H,7,9,12,14,17H2,1H3,(H2,38,39);2,4,6-7,9-10,12-13,20-21,23,32,36H,3,5,8,11H2,1H3,(H2,31,33)(H,35,37);1,3,6-8,12,14,23H,2,4-5H2,(H2,20,21)(H,24,25);2-8,13H,9,18H2,1H3;1-4,10H,(H,8,9);1H/t18-,21+,26-,29-;13-,20-,21+,23-;8-,12-,14-;13-;;/m0001../s1. The predicted molar refractivity (Wildman–Crippen MR) is 544 cm³/mol. The summed E-state index contributed by atoms with van der Waals surface area (Å²) in [5.41, 5.74) is 26.0. The van der Waals surface area contributed by atoms with Gasteiger partial charge in [-0.05, 0) is 209 Å². The SMILES string of the molecule is CN(C[C@@H](CC(=O)c1ccc(-c2nc([C@H]3CC[C@H](O)[C@@H](F)C3)cnc2N)cc1F)c1cc(F)cc(Br)c1)S(=O)(=O)c1ccccc1[N+](=O)[O-].CN(C[C@@H](N)c1cc(F)cc(Br)c1)S(=O)(=O)c1ccccc1[N+](=O)[O-].CNC[C@@H](NC(=O)c1ccc(-c2nc([C@H]3CC[C@H](O)[C@@H](F)C3)cnc2N)cc1F)c1cc(F)cc(Br)c1.Cl.Nc1ncc([C@H]2CC[C@H](O)[C@@H](F)C2)nc1-c1ccc(C(=O)O)c(F)c1.O=C(O)c1ccc(S)cc1. The van der Waals surface area contributed by atoms with Crippen LogP contribution in [0.15, 0.2) is 229 Å². The molecule has 49 heteroatoms. The zero-order valence-corrected chi connectivity index (χ0v) is 85.9. The molecule has 15 rings (SSSR count). The molecule has 3 heterocycles. The van der Waals surface area contributed by atoms with Gasteiger partial charge in [-0.2, -0.15) is 4.31 Å². The summed E-state index contributed by atoms with van der Waals surface area (Å²) in [4.78, 5) is 94.3. The van der Waals surface area contributed by atoms with Gasteiger partial charge in [0.1, 0.15) is 88.0 Å². The number of benzene rings is 9. The lowest BCUT2D eigenvalue weighted by molar-refractivity contribution is -0.388. The highest BCUT2D eigenvalue weighted by molar-refractivity contribution is 9.11. The van der Waals surface area contributed by atoms with E-state index in [1.54, 1.807) is 31.3 Å². The van der Waals surface area contributed by atoms with Crippen molar-refractivity contribution in [3.63, 3.8) is 0 Å². The molecular weight excluding hydrogens is 2220 g/mol. The maximum absolute atomic E-state index is 15.6. The summed E-state index contributed by atoms with van der Waals surface area (Å²) < 4.78 is 184. The van der Waals surface area contributed by atoms with E-state index in [0.717, 1.165) is 68.1 Å². The minimum atomic E-state index is -4.46. The molecule has 0 unspecified atom stereocenters. The number of amides is 1. The van der Waals surface area contributed by atoms with Gasteiger partial charge in [0.15, 0.2) is 15.6 Å². The highest BCUT2D eigenvalue weighted by Crippen LogP contribution is 2.42. The van der Waals surface area contributed by atoms with Gasteiger partial charge in [0.25, 0.3) is 17.3 Å². The van der Waals surface area contributed by atoms with Gasteiger partial charge in [-0.1, -0.05) is 90.3 Å². The molecule has 0 bridgehead atoms. The van der Waals surface area contributed by atoms with Crippen LogP contribution >= 0.6 is 72.8 Å². The molecule has 12 aromatic rings. The number of nitro groups is 2. The number of aromatic nitrogens is 6. The van der Waals surface area contributed by atoms with Crippen molar-refractivity contribution in [2.45, 2.75) is 151 Å². The number of ketones is 1. The highest BCUT2D eigenvalue weighted by atomic mass is 79.9. The smallest absolute Gasteiger partial charge is 0.338 e. The van der Waals surface area contributed by atoms with E-state index in [1.807, 2.05) is 0 Å². The molecule has 3 aliphatic carbocycles. The van der Waals surface area contributed by atoms with Crippen molar-refractivity contribution >= 4 is 145 Å². The molecule has 0 spiro atoms. The van der Waals surface area contributed by atoms with Crippen molar-refractivity contribution < 1.29 is 111 Å². The van der Waals surface area contributed by atoms with Gasteiger partial charge in [-0.3, -0.25) is 29.8 Å². The number of carboxylic acid groups (broad SMARTS) is 2. The Morgan fingerprint density at radius 2 is 0.857 bits per heavy atom. The maximum Gasteiger partial charge on any atom is 0.338 e. The van der Waals surface area contributed by atoms with Crippen LogP contribution < -0.4 is 33.6 Å². The lowest BCUT2D eigenvalue weighted by Gasteiger charge is -2.28. The topological polar surface area (TPSA) is 536 Å². The Bertz CT molecular complexity index is 7010. The van der Waals surface area contributed by atoms with Crippen molar-refractivity contribution in [2.75, 3.05) is 58.0 Å². The van der Waals surface area contributed by atoms with E-state index < -0.39 is 183 Å². The number of nitrogens with zero attached hydrogens (tertiary/aromatic N) is 10. The molecule has 0 saturated heterocycles. The van der Waals surface area contributed by atoms with Crippen molar-refractivity contribution in [3.05, 3.63) is 325 Å². The molecule has 0 radical (unpaired) electrons. The van der Waals surface area contributed by atoms with Crippen molar-refractivity contribution in [2.24, 2.45) is 5.73 Å². The second kappa shape index (κ2) is 52.0. The average molecular weight is 2310 g/mol. The van der Waals surface area contributed by atoms with Crippen LogP contribution in [-0.2, 0) is 20.0 Å². The van der Waals surface area contributed by atoms with Crippen molar-refractivity contribution in [3.8, 4) is 33.8 Å². The molecule has 780 valence electrons. The summed E-state index contributed by atoms with van der Waals surface area (Å²) in [6.45, 7) is -0.297. The summed E-state index contributed by atoms with van der Waals surface area (Å²) in [7, 11) is -4.47. The molecule has 3 saturated carbocycles. The number of nitrogens with two attached hydrogens (primary N) is 4. The number of nitrogens with one attached hydrogen (secondary N) is 2. The fourth-order valence-electron chi connectivity index (χ4n) is 16.3. The Kier molecular flexibility index (Phi) is 41.2. The van der Waals surface area contributed by atoms with E-state index in [-0.39, 0.29) is 131 Å². The van der Waals surface area contributed by atoms with Crippen LogP contribution in [0.5, 0.6) is 0 Å². The van der Waals surface area contributed by atoms with E-state index in [2.05, 4.69) is 101 Å². The number of rotatable bonds is 28. The van der Waals surface area contributed by atoms with E-state index in [9.17, 15) is 102 Å². The number of carbonyl (C=O) groups excluding carboxylic acids is 2. The Morgan fingerprint density at radius 3 is 1.22 bits per heavy atom. The normalized spacial score (nSPS) is 18.2. The van der Waals surface area contributed by atoms with Crippen LogP contribution in [0.4, 0.5) is 68.3 Å². The van der Waals surface area contributed by atoms with E-state index in [0.29, 0.717) is 84.9 Å². The number of sulfonamides is 2. The minimum Gasteiger partial charge on any atom is -0.478 e. The van der Waals surface area contributed by atoms with E-state index in [4.69, 9.17) is 33.1 Å². The fourth-order valence-corrected chi connectivity index (χ4v) is 20.6. The molecule has 147 heavy (non-hydrogen) atoms. The summed E-state index contributed by atoms with van der Waals surface area (Å²) in [5.74, 6) is -9.64. The number of carbonyl (C=O) groups is 4. The van der Waals surface area contributed by atoms with Gasteiger partial charge in [-0.25, -0.2) is 100 Å². The second-order valence-corrected chi connectivity index (χ2v) is 41.5. The van der Waals surface area contributed by atoms with Crippen molar-refractivity contribution in [1.29, 1.82) is 0 Å². The van der Waals surface area contributed by atoms with Gasteiger partial charge in [0.2, 0.25) is 20.0 Å². The molecule has 15 N–H and O–H groups in total. The molecular formula is C98H97Br3ClF9N16O17S3. The van der Waals surface area contributed by atoms with Gasteiger partial charge in [0, 0.05) is 117 Å². The number of aromatic carboxylic acids is 2. The monoisotopic (exact) mass is 2310 g/mol. The van der Waals surface area contributed by atoms with Gasteiger partial charge >= 0.3 is 11.9 Å². The number of para-hydroxylation sites is 2. The fraction of sp³-hybridized carbons (Fsp3) is 0.286. The lowest BCUT2D eigenvalue weighted by Crippen LogP contribution is -2.35. The Balaban J connectivity index is 0.000000200. The molecule has 3 aliphatic rings. The highest BCUT2D eigenvalue weighted by Gasteiger charge is 2.38. The van der Waals surface area contributed by atoms with Crippen LogP contribution in [0.3, 0.4) is 0 Å². The van der Waals surface area contributed by atoms with Gasteiger partial charge in [-0.15, -0.1) is 25.0 Å². The Hall–Kier alpha value is -12.4. The zero-order valence-electron chi connectivity index (χ0n) is 77.8. The van der Waals surface area contributed by atoms with Crippen LogP contribution in [0.25, 0.3) is 33.8 Å². The molecule has 33 nitrogen and oxygen atoms in total. The average Bonchev–Trinajstić information content (AvgIpc) is 0.785. The number of nitro benzene ring substituents is 2. The summed E-state index contributed by atoms with van der Waals surface area (Å²) >= 11 is 13.6. The van der Waals surface area contributed by atoms with Crippen LogP contribution in [0.2, 0.25) is 0 Å². The number of nitrogen functional groups attached to an aromatic ring is 3. The molecule has 3 fully saturated rings. The summed E-state index contributed by atoms with van der Waals surface area (Å²) in [6, 6.07) is 38.1. The van der Waals surface area contributed by atoms with E-state index >= 15 is 8.78 Å². The first-order valence-corrected chi connectivity index (χ1v) is 50.2. The van der Waals surface area contributed by atoms with Crippen LogP contribution in [-0.4, -0.2) is 192 Å². The third kappa shape index (κ3) is 30.4. The number of hydrogen-bond donors (Lipinski definition) is 12. The number of anilines is 3. The first kappa shape index (κ1) is 116. The summed E-state index contributed by atoms with van der Waals surface area (Å²) in [5, 5.41) is 74.5. The number of alkyl halides is 3. The number of aliphatic hydroxyl groups excluding tert-OH is 3. The van der Waals surface area contributed by atoms with Gasteiger partial charge in [0.05, 0.1) is 92.1 Å². The van der Waals surface area contributed by atoms with Crippen LogP contribution in [0, 0.1) is 55.1 Å². The van der Waals surface area contributed by atoms with Gasteiger partial charge < -0.3 is 59.1 Å². The number of hydrogen-bond acceptors (Lipinski definition) is 27. The molecule has 9 aromatic carbocycles. The third-order valence-electron chi connectivity index (χ3n) is 24.1. The summed E-state index contributed by atoms with van der Waals surface area (Å²) in [6.07, 6.45) is -0.447. The van der Waals surface area contributed by atoms with Crippen LogP contribution in [0.1, 0.15) is 175 Å². The first-order valence-electron chi connectivity index (χ1n) is 44.5. The number of likely N-dealkylation sites (N-methyl/N-ethyl adjacent to an activating group) is 3. The molecule has 3 aromatic heterocycles. The molecule has 0 aliphatic heterocycles.